The lowest BCUT2D eigenvalue weighted by molar-refractivity contribution is 0.569. The van der Waals surface area contributed by atoms with Crippen molar-refractivity contribution in [1.29, 1.82) is 5.26 Å². The third kappa shape index (κ3) is 4.01. The van der Waals surface area contributed by atoms with Gasteiger partial charge in [0.05, 0.1) is 11.5 Å². The molecule has 0 spiro atoms. The van der Waals surface area contributed by atoms with Crippen LogP contribution in [0.5, 0.6) is 0 Å². The lowest BCUT2D eigenvalue weighted by atomic mass is 9.84. The third-order valence-corrected chi connectivity index (χ3v) is 6.66. The zero-order valence-electron chi connectivity index (χ0n) is 20.0. The zero-order valence-corrected chi connectivity index (χ0v) is 20.0. The average Bonchev–Trinajstić information content (AvgIpc) is 3.29. The summed E-state index contributed by atoms with van der Waals surface area (Å²) in [6, 6.07) is 35.4. The smallest absolute Gasteiger partial charge is 0.137 e. The first kappa shape index (κ1) is 21.8. The number of nitrogens with zero attached hydrogens (tertiary/aromatic N) is 2. The summed E-state index contributed by atoms with van der Waals surface area (Å²) in [6.45, 7) is 1.96. The molecule has 1 atom stereocenters. The number of fused-ring (bicyclic) bond motifs is 3. The van der Waals surface area contributed by atoms with Gasteiger partial charge in [0.2, 0.25) is 0 Å². The number of nitriles is 1. The monoisotopic (exact) mass is 467 g/mol. The lowest BCUT2D eigenvalue weighted by Crippen LogP contribution is -2.20. The molecule has 4 heteroatoms. The van der Waals surface area contributed by atoms with E-state index in [0.717, 1.165) is 50.4 Å². The van der Waals surface area contributed by atoms with Gasteiger partial charge in [0.1, 0.15) is 11.2 Å². The summed E-state index contributed by atoms with van der Waals surface area (Å²) in [6.07, 6.45) is 6.85. The van der Waals surface area contributed by atoms with E-state index in [-0.39, 0.29) is 0 Å². The molecule has 1 heterocycles. The Morgan fingerprint density at radius 3 is 2.36 bits per heavy atom. The molecule has 1 aliphatic rings. The molecule has 1 N–H and O–H groups in total. The lowest BCUT2D eigenvalue weighted by Gasteiger charge is -2.30. The number of para-hydroxylation sites is 2. The Kier molecular flexibility index (Phi) is 5.32. The molecule has 0 fully saturated rings. The van der Waals surface area contributed by atoms with E-state index < -0.39 is 5.41 Å². The molecule has 4 aromatic carbocycles. The van der Waals surface area contributed by atoms with Gasteiger partial charge in [0, 0.05) is 45.3 Å². The molecule has 1 aromatic heterocycles. The van der Waals surface area contributed by atoms with Gasteiger partial charge in [-0.05, 0) is 68.0 Å². The first-order valence-electron chi connectivity index (χ1n) is 12.1. The van der Waals surface area contributed by atoms with Crippen molar-refractivity contribution < 1.29 is 4.42 Å². The van der Waals surface area contributed by atoms with E-state index in [4.69, 9.17) is 4.42 Å². The highest BCUT2D eigenvalue weighted by atomic mass is 16.3. The largest absolute Gasteiger partial charge is 0.456 e. The number of hydrogen-bond acceptors (Lipinski definition) is 4. The quantitative estimate of drug-likeness (QED) is 0.280. The molecule has 1 aliphatic carbocycles. The van der Waals surface area contributed by atoms with Crippen molar-refractivity contribution in [2.75, 3.05) is 10.2 Å². The normalized spacial score (nSPS) is 17.1. The molecule has 174 valence electrons. The van der Waals surface area contributed by atoms with Crippen molar-refractivity contribution in [3.8, 4) is 6.07 Å². The summed E-state index contributed by atoms with van der Waals surface area (Å²) in [5.41, 5.74) is 6.30. The van der Waals surface area contributed by atoms with Crippen molar-refractivity contribution in [2.24, 2.45) is 5.41 Å². The highest BCUT2D eigenvalue weighted by Crippen LogP contribution is 2.39. The van der Waals surface area contributed by atoms with Gasteiger partial charge in [0.25, 0.3) is 0 Å². The van der Waals surface area contributed by atoms with E-state index in [1.807, 2.05) is 55.5 Å². The van der Waals surface area contributed by atoms with Gasteiger partial charge >= 0.3 is 0 Å². The van der Waals surface area contributed by atoms with Gasteiger partial charge in [-0.3, -0.25) is 0 Å². The maximum atomic E-state index is 9.61. The molecule has 4 nitrogen and oxygen atoms in total. The van der Waals surface area contributed by atoms with Crippen LogP contribution in [0.4, 0.5) is 22.7 Å². The van der Waals surface area contributed by atoms with E-state index in [1.165, 1.54) is 0 Å². The van der Waals surface area contributed by atoms with Crippen LogP contribution in [0, 0.1) is 16.7 Å². The van der Waals surface area contributed by atoms with Crippen molar-refractivity contribution in [1.82, 2.24) is 0 Å². The van der Waals surface area contributed by atoms with E-state index in [9.17, 15) is 5.26 Å². The molecule has 0 saturated heterocycles. The van der Waals surface area contributed by atoms with Gasteiger partial charge in [-0.2, -0.15) is 5.26 Å². The van der Waals surface area contributed by atoms with Crippen LogP contribution in [0.2, 0.25) is 0 Å². The van der Waals surface area contributed by atoms with Gasteiger partial charge in [-0.15, -0.1) is 0 Å². The highest BCUT2D eigenvalue weighted by molar-refractivity contribution is 6.06. The van der Waals surface area contributed by atoms with Gasteiger partial charge in [0.15, 0.2) is 0 Å². The SMILES string of the molecule is CC1(C#N)C=CC(N(c2cccc(Nc3ccccc3)c2)c2ccc3c(c2)oc2ccccc23)=CC1. The molecule has 5 aromatic rings. The summed E-state index contributed by atoms with van der Waals surface area (Å²) in [5.74, 6) is 0. The number of anilines is 4. The first-order chi connectivity index (χ1) is 17.6. The molecule has 6 rings (SSSR count). The first-order valence-corrected chi connectivity index (χ1v) is 12.1. The maximum absolute atomic E-state index is 9.61. The molecule has 0 saturated carbocycles. The molecule has 1 unspecified atom stereocenters. The second kappa shape index (κ2) is 8.79. The number of nitrogens with one attached hydrogen (secondary N) is 1. The molecule has 0 radical (unpaired) electrons. The minimum absolute atomic E-state index is 0.491. The summed E-state index contributed by atoms with van der Waals surface area (Å²) in [5, 5.41) is 15.3. The minimum Gasteiger partial charge on any atom is -0.456 e. The molecule has 0 bridgehead atoms. The number of allylic oxidation sites excluding steroid dienone is 3. The van der Waals surface area contributed by atoms with Crippen LogP contribution in [-0.4, -0.2) is 0 Å². The Hall–Kier alpha value is -4.75. The topological polar surface area (TPSA) is 52.2 Å². The van der Waals surface area contributed by atoms with Crippen LogP contribution >= 0.6 is 0 Å². The van der Waals surface area contributed by atoms with Crippen LogP contribution in [0.15, 0.2) is 125 Å². The Balaban J connectivity index is 1.45. The molecular weight excluding hydrogens is 442 g/mol. The molecule has 0 amide bonds. The summed E-state index contributed by atoms with van der Waals surface area (Å²) in [4.78, 5) is 2.22. The summed E-state index contributed by atoms with van der Waals surface area (Å²) in [7, 11) is 0. The average molecular weight is 468 g/mol. The fourth-order valence-electron chi connectivity index (χ4n) is 4.68. The highest BCUT2D eigenvalue weighted by Gasteiger charge is 2.25. The minimum atomic E-state index is -0.491. The van der Waals surface area contributed by atoms with Crippen LogP contribution in [0.3, 0.4) is 0 Å². The van der Waals surface area contributed by atoms with Gasteiger partial charge in [-0.1, -0.05) is 54.6 Å². The fourth-order valence-corrected chi connectivity index (χ4v) is 4.68. The Labute approximate surface area is 210 Å². The second-order valence-electron chi connectivity index (χ2n) is 9.35. The predicted molar refractivity (Wildman–Crippen MR) is 148 cm³/mol. The molecule has 0 aliphatic heterocycles. The number of hydrogen-bond donors (Lipinski definition) is 1. The van der Waals surface area contributed by atoms with Crippen LogP contribution in [0.1, 0.15) is 13.3 Å². The van der Waals surface area contributed by atoms with E-state index in [0.29, 0.717) is 6.42 Å². The van der Waals surface area contributed by atoms with Crippen LogP contribution < -0.4 is 10.2 Å². The van der Waals surface area contributed by atoms with Crippen molar-refractivity contribution in [2.45, 2.75) is 13.3 Å². The summed E-state index contributed by atoms with van der Waals surface area (Å²) >= 11 is 0. The zero-order chi connectivity index (χ0) is 24.5. The van der Waals surface area contributed by atoms with Gasteiger partial charge in [-0.25, -0.2) is 0 Å². The number of furan rings is 1. The van der Waals surface area contributed by atoms with Gasteiger partial charge < -0.3 is 14.6 Å². The summed E-state index contributed by atoms with van der Waals surface area (Å²) < 4.78 is 6.20. The number of rotatable bonds is 5. The van der Waals surface area contributed by atoms with Crippen molar-refractivity contribution >= 4 is 44.7 Å². The Morgan fingerprint density at radius 1 is 0.806 bits per heavy atom. The van der Waals surface area contributed by atoms with Crippen molar-refractivity contribution in [3.05, 3.63) is 121 Å². The van der Waals surface area contributed by atoms with E-state index in [1.54, 1.807) is 0 Å². The predicted octanol–water partition coefficient (Wildman–Crippen LogP) is 8.84. The second-order valence-corrected chi connectivity index (χ2v) is 9.35. The van der Waals surface area contributed by atoms with E-state index in [2.05, 4.69) is 83.0 Å². The maximum Gasteiger partial charge on any atom is 0.137 e. The molecule has 36 heavy (non-hydrogen) atoms. The van der Waals surface area contributed by atoms with Crippen LogP contribution in [-0.2, 0) is 0 Å². The van der Waals surface area contributed by atoms with Crippen LogP contribution in [0.25, 0.3) is 21.9 Å². The van der Waals surface area contributed by atoms with E-state index >= 15 is 0 Å². The molecular formula is C32H25N3O. The number of benzene rings is 4. The Morgan fingerprint density at radius 2 is 1.56 bits per heavy atom. The standard InChI is InChI=1S/C32H25N3O/c1-32(22-33)18-16-25(17-19-32)35(26-11-7-10-24(20-26)34-23-8-3-2-4-9-23)27-14-15-29-28-12-5-6-13-30(28)36-31(29)21-27/h2-18,20-21,34H,19H2,1H3. The van der Waals surface area contributed by atoms with Crippen molar-refractivity contribution in [3.63, 3.8) is 0 Å². The Bertz CT molecular complexity index is 1670. The third-order valence-electron chi connectivity index (χ3n) is 6.66. The fraction of sp³-hybridized carbons (Fsp3) is 0.0938.